The minimum atomic E-state index is -0.489. The lowest BCUT2D eigenvalue weighted by Crippen LogP contribution is -2.35. The first-order valence-corrected chi connectivity index (χ1v) is 8.49. The first-order valence-electron chi connectivity index (χ1n) is 8.49. The van der Waals surface area contributed by atoms with Gasteiger partial charge in [-0.2, -0.15) is 0 Å². The van der Waals surface area contributed by atoms with E-state index in [1.165, 1.54) is 23.7 Å². The number of aromatic amines is 1. The summed E-state index contributed by atoms with van der Waals surface area (Å²) in [6, 6.07) is 2.74. The molecule has 2 aromatic rings. The third-order valence-electron chi connectivity index (χ3n) is 4.30. The van der Waals surface area contributed by atoms with Crippen molar-refractivity contribution in [2.45, 2.75) is 40.5 Å². The van der Waals surface area contributed by atoms with Crippen LogP contribution in [0.3, 0.4) is 0 Å². The average molecular weight is 342 g/mol. The highest BCUT2D eigenvalue weighted by atomic mass is 16.2. The highest BCUT2D eigenvalue weighted by Crippen LogP contribution is 2.29. The van der Waals surface area contributed by atoms with Gasteiger partial charge in [0, 0.05) is 19.2 Å². The lowest BCUT2D eigenvalue weighted by Gasteiger charge is -2.23. The summed E-state index contributed by atoms with van der Waals surface area (Å²) in [7, 11) is 1.46. The van der Waals surface area contributed by atoms with Crippen LogP contribution < -0.4 is 11.1 Å². The molecule has 3 rings (SSSR count). The van der Waals surface area contributed by atoms with Crippen LogP contribution in [0, 0.1) is 0 Å². The molecular formula is C19H22N2O4. The van der Waals surface area contributed by atoms with Crippen molar-refractivity contribution in [2.24, 2.45) is 7.05 Å². The molecule has 0 unspecified atom stereocenters. The number of carbonyl (C=O) groups is 2. The maximum absolute atomic E-state index is 13.0. The van der Waals surface area contributed by atoms with Gasteiger partial charge < -0.3 is 9.55 Å². The van der Waals surface area contributed by atoms with Gasteiger partial charge in [-0.05, 0) is 24.0 Å². The van der Waals surface area contributed by atoms with Crippen molar-refractivity contribution in [2.75, 3.05) is 0 Å². The number of nitrogens with zero attached hydrogens (tertiary/aromatic N) is 1. The molecular weight excluding hydrogens is 320 g/mol. The molecule has 1 aliphatic rings. The monoisotopic (exact) mass is 342 g/mol. The van der Waals surface area contributed by atoms with E-state index in [2.05, 4.69) is 4.98 Å². The van der Waals surface area contributed by atoms with Crippen molar-refractivity contribution < 1.29 is 9.59 Å². The van der Waals surface area contributed by atoms with Crippen LogP contribution in [0.5, 0.6) is 0 Å². The number of hydrogen-bond donors (Lipinski definition) is 1. The number of pyridine rings is 2. The summed E-state index contributed by atoms with van der Waals surface area (Å²) in [5, 5.41) is 0. The van der Waals surface area contributed by atoms with E-state index in [0.717, 1.165) is 0 Å². The molecule has 2 heterocycles. The summed E-state index contributed by atoms with van der Waals surface area (Å²) in [6.45, 7) is 7.65. The Kier molecular flexibility index (Phi) is 5.21. The minimum Gasteiger partial charge on any atom is -0.318 e. The predicted molar refractivity (Wildman–Crippen MR) is 95.7 cm³/mol. The molecule has 0 amide bonds. The number of ketones is 2. The number of carbonyl (C=O) groups excluding carboxylic acids is 2. The Morgan fingerprint density at radius 3 is 2.00 bits per heavy atom. The number of hydrogen-bond acceptors (Lipinski definition) is 4. The molecule has 0 aromatic carbocycles. The van der Waals surface area contributed by atoms with Gasteiger partial charge in [-0.3, -0.25) is 19.2 Å². The van der Waals surface area contributed by atoms with E-state index in [0.29, 0.717) is 24.0 Å². The summed E-state index contributed by atoms with van der Waals surface area (Å²) in [5.74, 6) is -0.799. The second kappa shape index (κ2) is 7.01. The van der Waals surface area contributed by atoms with E-state index >= 15 is 0 Å². The van der Waals surface area contributed by atoms with Crippen LogP contribution >= 0.6 is 0 Å². The lowest BCUT2D eigenvalue weighted by atomic mass is 9.84. The third kappa shape index (κ3) is 2.77. The van der Waals surface area contributed by atoms with Gasteiger partial charge in [-0.25, -0.2) is 0 Å². The molecule has 0 saturated heterocycles. The fraction of sp³-hybridized carbons (Fsp3) is 0.368. The van der Waals surface area contributed by atoms with E-state index in [1.807, 2.05) is 27.7 Å². The molecule has 6 heteroatoms. The van der Waals surface area contributed by atoms with Crippen molar-refractivity contribution in [3.8, 4) is 0 Å². The molecule has 1 N–H and O–H groups in total. The van der Waals surface area contributed by atoms with Gasteiger partial charge in [0.25, 0.3) is 5.56 Å². The molecule has 2 aromatic heterocycles. The smallest absolute Gasteiger partial charge is 0.251 e. The average Bonchev–Trinajstić information content (AvgIpc) is 2.62. The number of aryl methyl sites for hydroxylation is 2. The van der Waals surface area contributed by atoms with Gasteiger partial charge in [0.15, 0.2) is 5.78 Å². The van der Waals surface area contributed by atoms with Crippen molar-refractivity contribution >= 4 is 11.6 Å². The summed E-state index contributed by atoms with van der Waals surface area (Å²) in [6.07, 6.45) is 0.936. The third-order valence-corrected chi connectivity index (χ3v) is 4.30. The van der Waals surface area contributed by atoms with Crippen LogP contribution in [0.1, 0.15) is 70.9 Å². The second-order valence-corrected chi connectivity index (χ2v) is 5.56. The van der Waals surface area contributed by atoms with Crippen molar-refractivity contribution in [1.29, 1.82) is 0 Å². The molecule has 25 heavy (non-hydrogen) atoms. The van der Waals surface area contributed by atoms with E-state index in [4.69, 9.17) is 0 Å². The standard InChI is InChI=1S/C17H16N2O4.C2H6/c1-4-8-6-10(20)18-14-12(8)16(22)13-9(5-2)7-11(21)19(3)15(13)17(14)23;1-2/h6-7H,4-5H2,1-3H3,(H,18,20);1-2H3. The van der Waals surface area contributed by atoms with Gasteiger partial charge in [-0.15, -0.1) is 0 Å². The Morgan fingerprint density at radius 1 is 0.880 bits per heavy atom. The normalized spacial score (nSPS) is 12.2. The topological polar surface area (TPSA) is 89.0 Å². The fourth-order valence-corrected chi connectivity index (χ4v) is 3.11. The molecule has 0 saturated carbocycles. The van der Waals surface area contributed by atoms with Gasteiger partial charge in [0.2, 0.25) is 11.3 Å². The van der Waals surface area contributed by atoms with Crippen LogP contribution in [0.25, 0.3) is 0 Å². The van der Waals surface area contributed by atoms with Gasteiger partial charge >= 0.3 is 0 Å². The van der Waals surface area contributed by atoms with Gasteiger partial charge in [-0.1, -0.05) is 27.7 Å². The highest BCUT2D eigenvalue weighted by Gasteiger charge is 2.36. The Balaban J connectivity index is 0.00000109. The zero-order chi connectivity index (χ0) is 18.9. The maximum Gasteiger partial charge on any atom is 0.251 e. The number of rotatable bonds is 2. The Hall–Kier alpha value is -2.76. The second-order valence-electron chi connectivity index (χ2n) is 5.56. The molecule has 0 bridgehead atoms. The highest BCUT2D eigenvalue weighted by molar-refractivity contribution is 6.28. The number of H-pyrrole nitrogens is 1. The molecule has 0 aliphatic heterocycles. The molecule has 6 nitrogen and oxygen atoms in total. The Bertz CT molecular complexity index is 980. The van der Waals surface area contributed by atoms with Gasteiger partial charge in [0.05, 0.1) is 11.1 Å². The van der Waals surface area contributed by atoms with Crippen LogP contribution in [-0.2, 0) is 19.9 Å². The molecule has 0 atom stereocenters. The fourth-order valence-electron chi connectivity index (χ4n) is 3.11. The molecule has 0 spiro atoms. The lowest BCUT2D eigenvalue weighted by molar-refractivity contribution is 0.0966. The van der Waals surface area contributed by atoms with Crippen molar-refractivity contribution in [1.82, 2.24) is 9.55 Å². The summed E-state index contributed by atoms with van der Waals surface area (Å²) >= 11 is 0. The minimum absolute atomic E-state index is 0.0184. The quantitative estimate of drug-likeness (QED) is 0.771. The molecule has 0 fully saturated rings. The van der Waals surface area contributed by atoms with Crippen LogP contribution in [-0.4, -0.2) is 21.1 Å². The zero-order valence-corrected chi connectivity index (χ0v) is 15.1. The number of aromatic nitrogens is 2. The van der Waals surface area contributed by atoms with Crippen molar-refractivity contribution in [3.05, 3.63) is 66.5 Å². The van der Waals surface area contributed by atoms with Crippen LogP contribution in [0.4, 0.5) is 0 Å². The van der Waals surface area contributed by atoms with E-state index < -0.39 is 11.3 Å². The summed E-state index contributed by atoms with van der Waals surface area (Å²) in [4.78, 5) is 52.1. The Morgan fingerprint density at radius 2 is 1.44 bits per heavy atom. The van der Waals surface area contributed by atoms with E-state index in [-0.39, 0.29) is 33.9 Å². The van der Waals surface area contributed by atoms with E-state index in [1.54, 1.807) is 0 Å². The Labute approximate surface area is 145 Å². The van der Waals surface area contributed by atoms with Crippen LogP contribution in [0.15, 0.2) is 21.7 Å². The zero-order valence-electron chi connectivity index (χ0n) is 15.1. The molecule has 132 valence electrons. The van der Waals surface area contributed by atoms with E-state index in [9.17, 15) is 19.2 Å². The molecule has 1 aliphatic carbocycles. The van der Waals surface area contributed by atoms with Crippen LogP contribution in [0.2, 0.25) is 0 Å². The largest absolute Gasteiger partial charge is 0.318 e. The summed E-state index contributed by atoms with van der Waals surface area (Å²) in [5.41, 5.74) is 0.878. The number of nitrogens with one attached hydrogen (secondary N) is 1. The summed E-state index contributed by atoms with van der Waals surface area (Å²) < 4.78 is 1.18. The predicted octanol–water partition coefficient (Wildman–Crippen LogP) is 2.00. The molecule has 0 radical (unpaired) electrons. The first-order chi connectivity index (χ1) is 11.9. The maximum atomic E-state index is 13.0. The SMILES string of the molecule is CC.CCc1cc(=O)[nH]c2c1C(=O)c1c(CC)cc(=O)n(C)c1C2=O. The number of fused-ring (bicyclic) bond motifs is 2. The first kappa shape index (κ1) is 18.6. The van der Waals surface area contributed by atoms with Gasteiger partial charge in [0.1, 0.15) is 11.4 Å². The van der Waals surface area contributed by atoms with Crippen molar-refractivity contribution in [3.63, 3.8) is 0 Å².